The van der Waals surface area contributed by atoms with E-state index in [0.717, 1.165) is 0 Å². The third-order valence-electron chi connectivity index (χ3n) is 0.981. The van der Waals surface area contributed by atoms with Gasteiger partial charge in [-0.15, -0.1) is 0 Å². The lowest BCUT2D eigenvalue weighted by Gasteiger charge is -1.75. The Morgan fingerprint density at radius 1 is 1.62 bits per heavy atom. The van der Waals surface area contributed by atoms with Crippen LogP contribution in [0.15, 0.2) is 24.5 Å². The van der Waals surface area contributed by atoms with Gasteiger partial charge in [-0.25, -0.2) is 0 Å². The van der Waals surface area contributed by atoms with E-state index in [9.17, 15) is 0 Å². The van der Waals surface area contributed by atoms with Crippen LogP contribution < -0.4 is 0 Å². The van der Waals surface area contributed by atoms with Gasteiger partial charge in [-0.2, -0.15) is 0 Å². The summed E-state index contributed by atoms with van der Waals surface area (Å²) in [4.78, 5) is 2.96. The van der Waals surface area contributed by atoms with Crippen LogP contribution in [0.2, 0.25) is 0 Å². The highest BCUT2D eigenvalue weighted by molar-refractivity contribution is 5.46. The van der Waals surface area contributed by atoms with Gasteiger partial charge < -0.3 is 4.98 Å². The molecule has 0 unspecified atom stereocenters. The van der Waals surface area contributed by atoms with E-state index in [0.29, 0.717) is 0 Å². The molecular formula is C7H9N. The highest BCUT2D eigenvalue weighted by Gasteiger charge is 1.78. The van der Waals surface area contributed by atoms with Gasteiger partial charge in [0.15, 0.2) is 0 Å². The lowest BCUT2D eigenvalue weighted by Crippen LogP contribution is -1.55. The van der Waals surface area contributed by atoms with Crippen LogP contribution in [-0.2, 0) is 0 Å². The highest BCUT2D eigenvalue weighted by Crippen LogP contribution is 1.97. The first-order valence-electron chi connectivity index (χ1n) is 2.69. The van der Waals surface area contributed by atoms with Crippen molar-refractivity contribution in [3.63, 3.8) is 0 Å². The van der Waals surface area contributed by atoms with Crippen molar-refractivity contribution in [3.8, 4) is 0 Å². The maximum atomic E-state index is 2.96. The molecule has 0 aliphatic carbocycles. The van der Waals surface area contributed by atoms with Gasteiger partial charge >= 0.3 is 0 Å². The predicted octanol–water partition coefficient (Wildman–Crippen LogP) is 2.05. The second kappa shape index (κ2) is 2.36. The minimum atomic E-state index is 1.23. The second-order valence-electron chi connectivity index (χ2n) is 1.64. The van der Waals surface area contributed by atoms with Crippen LogP contribution in [0.5, 0.6) is 0 Å². The van der Waals surface area contributed by atoms with E-state index in [1.54, 1.807) is 0 Å². The molecule has 0 aliphatic heterocycles. The smallest absolute Gasteiger partial charge is 0.00779 e. The molecular weight excluding hydrogens is 98.1 g/mol. The fraction of sp³-hybridized carbons (Fsp3) is 0.143. The molecule has 0 saturated heterocycles. The Hall–Kier alpha value is -0.980. The molecule has 1 heteroatoms. The molecule has 1 N–H and O–H groups in total. The first kappa shape index (κ1) is 5.16. The molecule has 0 aromatic carbocycles. The molecule has 1 nitrogen and oxygen atoms in total. The average Bonchev–Trinajstić information content (AvgIpc) is 2.19. The van der Waals surface area contributed by atoms with E-state index in [4.69, 9.17) is 0 Å². The number of rotatable bonds is 1. The molecule has 0 saturated carbocycles. The number of nitrogens with one attached hydrogen (secondary N) is 1. The SMILES string of the molecule is C/C=C/c1cc[nH]c1. The Balaban J connectivity index is 2.77. The first-order valence-corrected chi connectivity index (χ1v) is 2.69. The number of aromatic amines is 1. The first-order chi connectivity index (χ1) is 3.93. The standard InChI is InChI=1S/C7H9N/c1-2-3-7-4-5-8-6-7/h2-6,8H,1H3/b3-2+. The molecule has 1 aromatic rings. The summed E-state index contributed by atoms with van der Waals surface area (Å²) in [5.74, 6) is 0. The van der Waals surface area contributed by atoms with Crippen LogP contribution in [0.3, 0.4) is 0 Å². The number of hydrogen-bond donors (Lipinski definition) is 1. The molecule has 0 bridgehead atoms. The predicted molar refractivity (Wildman–Crippen MR) is 35.5 cm³/mol. The van der Waals surface area contributed by atoms with Crippen LogP contribution in [0, 0.1) is 0 Å². The lowest BCUT2D eigenvalue weighted by molar-refractivity contribution is 1.41. The number of H-pyrrole nitrogens is 1. The third-order valence-corrected chi connectivity index (χ3v) is 0.981. The summed E-state index contributed by atoms with van der Waals surface area (Å²) < 4.78 is 0. The molecule has 0 aliphatic rings. The van der Waals surface area contributed by atoms with E-state index in [-0.39, 0.29) is 0 Å². The van der Waals surface area contributed by atoms with E-state index in [1.807, 2.05) is 31.5 Å². The number of aromatic nitrogens is 1. The van der Waals surface area contributed by atoms with Gasteiger partial charge in [0.25, 0.3) is 0 Å². The van der Waals surface area contributed by atoms with Crippen LogP contribution in [0.25, 0.3) is 6.08 Å². The summed E-state index contributed by atoms with van der Waals surface area (Å²) in [5, 5.41) is 0. The Bertz CT molecular complexity index is 161. The normalized spacial score (nSPS) is 10.6. The fourth-order valence-electron chi connectivity index (χ4n) is 0.633. The summed E-state index contributed by atoms with van der Waals surface area (Å²) in [7, 11) is 0. The molecule has 0 atom stereocenters. The molecule has 1 rings (SSSR count). The molecule has 1 heterocycles. The Morgan fingerprint density at radius 3 is 3.00 bits per heavy atom. The van der Waals surface area contributed by atoms with Gasteiger partial charge in [0.2, 0.25) is 0 Å². The Morgan fingerprint density at radius 2 is 2.50 bits per heavy atom. The quantitative estimate of drug-likeness (QED) is 0.565. The van der Waals surface area contributed by atoms with E-state index < -0.39 is 0 Å². The molecule has 8 heavy (non-hydrogen) atoms. The molecule has 0 amide bonds. The maximum absolute atomic E-state index is 2.96. The fourth-order valence-corrected chi connectivity index (χ4v) is 0.633. The van der Waals surface area contributed by atoms with Crippen molar-refractivity contribution in [2.45, 2.75) is 6.92 Å². The number of allylic oxidation sites excluding steroid dienone is 1. The van der Waals surface area contributed by atoms with Crippen LogP contribution in [-0.4, -0.2) is 4.98 Å². The van der Waals surface area contributed by atoms with Crippen molar-refractivity contribution in [1.29, 1.82) is 0 Å². The topological polar surface area (TPSA) is 15.8 Å². The van der Waals surface area contributed by atoms with Crippen molar-refractivity contribution < 1.29 is 0 Å². The van der Waals surface area contributed by atoms with E-state index in [2.05, 4.69) is 11.1 Å². The van der Waals surface area contributed by atoms with E-state index >= 15 is 0 Å². The van der Waals surface area contributed by atoms with Crippen molar-refractivity contribution in [2.75, 3.05) is 0 Å². The van der Waals surface area contributed by atoms with Gasteiger partial charge in [-0.3, -0.25) is 0 Å². The van der Waals surface area contributed by atoms with Crippen molar-refractivity contribution in [3.05, 3.63) is 30.1 Å². The van der Waals surface area contributed by atoms with Crippen molar-refractivity contribution in [2.24, 2.45) is 0 Å². The van der Waals surface area contributed by atoms with Crippen molar-refractivity contribution >= 4 is 6.08 Å². The molecule has 42 valence electrons. The Labute approximate surface area is 49.0 Å². The van der Waals surface area contributed by atoms with E-state index in [1.165, 1.54) is 5.56 Å². The van der Waals surface area contributed by atoms with Gasteiger partial charge in [0.1, 0.15) is 0 Å². The zero-order chi connectivity index (χ0) is 5.82. The zero-order valence-corrected chi connectivity index (χ0v) is 4.89. The third kappa shape index (κ3) is 0.997. The van der Waals surface area contributed by atoms with Crippen LogP contribution >= 0.6 is 0 Å². The van der Waals surface area contributed by atoms with Crippen LogP contribution in [0.1, 0.15) is 12.5 Å². The summed E-state index contributed by atoms with van der Waals surface area (Å²) in [5.41, 5.74) is 1.23. The summed E-state index contributed by atoms with van der Waals surface area (Å²) in [6.45, 7) is 2.01. The summed E-state index contributed by atoms with van der Waals surface area (Å²) >= 11 is 0. The molecule has 0 radical (unpaired) electrons. The van der Waals surface area contributed by atoms with Gasteiger partial charge in [0.05, 0.1) is 0 Å². The van der Waals surface area contributed by atoms with Gasteiger partial charge in [0, 0.05) is 12.4 Å². The summed E-state index contributed by atoms with van der Waals surface area (Å²) in [6.07, 6.45) is 7.94. The molecule has 1 aromatic heterocycles. The highest BCUT2D eigenvalue weighted by atomic mass is 14.6. The number of hydrogen-bond acceptors (Lipinski definition) is 0. The monoisotopic (exact) mass is 107 g/mol. The largest absolute Gasteiger partial charge is 0.367 e. The minimum absolute atomic E-state index is 1.23. The van der Waals surface area contributed by atoms with Gasteiger partial charge in [-0.1, -0.05) is 12.2 Å². The van der Waals surface area contributed by atoms with Gasteiger partial charge in [-0.05, 0) is 18.6 Å². The zero-order valence-electron chi connectivity index (χ0n) is 4.89. The molecule has 0 fully saturated rings. The van der Waals surface area contributed by atoms with Crippen molar-refractivity contribution in [1.82, 2.24) is 4.98 Å². The minimum Gasteiger partial charge on any atom is -0.367 e. The summed E-state index contributed by atoms with van der Waals surface area (Å²) in [6, 6.07) is 2.03. The Kier molecular flexibility index (Phi) is 1.52. The maximum Gasteiger partial charge on any atom is 0.00779 e. The average molecular weight is 107 g/mol. The molecule has 0 spiro atoms. The second-order valence-corrected chi connectivity index (χ2v) is 1.64. The lowest BCUT2D eigenvalue weighted by atomic mass is 10.3. The van der Waals surface area contributed by atoms with Crippen LogP contribution in [0.4, 0.5) is 0 Å².